The molecular formula is C11H14. The molecule has 1 aliphatic rings. The van der Waals surface area contributed by atoms with Gasteiger partial charge in [-0.1, -0.05) is 43.0 Å². The minimum absolute atomic E-state index is 0.739. The maximum atomic E-state index is 3.75. The van der Waals surface area contributed by atoms with Crippen LogP contribution in [-0.2, 0) is 0 Å². The van der Waals surface area contributed by atoms with Crippen molar-refractivity contribution in [3.05, 3.63) is 49.6 Å². The lowest BCUT2D eigenvalue weighted by atomic mass is 10.3. The summed E-state index contributed by atoms with van der Waals surface area (Å²) >= 11 is 0. The first-order valence-corrected chi connectivity index (χ1v) is 3.97. The molecule has 0 saturated heterocycles. The van der Waals surface area contributed by atoms with Gasteiger partial charge >= 0.3 is 0 Å². The van der Waals surface area contributed by atoms with E-state index in [1.165, 1.54) is 6.42 Å². The molecule has 0 amide bonds. The van der Waals surface area contributed by atoms with E-state index >= 15 is 0 Å². The zero-order valence-electron chi connectivity index (χ0n) is 6.74. The summed E-state index contributed by atoms with van der Waals surface area (Å²) < 4.78 is 0. The molecule has 0 unspecified atom stereocenters. The standard InChI is InChI=1S/C11H14/c1-3-5-6-7-8-11-9-10(11)4-2/h3-8,10-11H,1-2,9H2/b6-5-,8-7+/t10-,11+/m0/s1. The Kier molecular flexibility index (Phi) is 2.91. The smallest absolute Gasteiger partial charge is 0.0161 e. The van der Waals surface area contributed by atoms with Crippen LogP contribution in [0.1, 0.15) is 6.42 Å². The van der Waals surface area contributed by atoms with Gasteiger partial charge in [-0.2, -0.15) is 0 Å². The quantitative estimate of drug-likeness (QED) is 0.422. The molecule has 2 atom stereocenters. The molecule has 0 radical (unpaired) electrons. The van der Waals surface area contributed by atoms with Crippen molar-refractivity contribution in [2.75, 3.05) is 0 Å². The maximum Gasteiger partial charge on any atom is -0.0161 e. The van der Waals surface area contributed by atoms with Crippen molar-refractivity contribution in [1.82, 2.24) is 0 Å². The Labute approximate surface area is 68.6 Å². The summed E-state index contributed by atoms with van der Waals surface area (Å²) in [6.45, 7) is 7.34. The lowest BCUT2D eigenvalue weighted by Crippen LogP contribution is -1.68. The van der Waals surface area contributed by atoms with Crippen molar-refractivity contribution >= 4 is 0 Å². The molecule has 0 aromatic carbocycles. The van der Waals surface area contributed by atoms with E-state index in [1.54, 1.807) is 6.08 Å². The summed E-state index contributed by atoms with van der Waals surface area (Å²) in [6.07, 6.45) is 13.3. The van der Waals surface area contributed by atoms with Gasteiger partial charge in [0.1, 0.15) is 0 Å². The Morgan fingerprint density at radius 1 is 1.00 bits per heavy atom. The third-order valence-electron chi connectivity index (χ3n) is 1.91. The third-order valence-corrected chi connectivity index (χ3v) is 1.91. The molecular weight excluding hydrogens is 132 g/mol. The van der Waals surface area contributed by atoms with E-state index < -0.39 is 0 Å². The zero-order chi connectivity index (χ0) is 8.10. The first-order chi connectivity index (χ1) is 5.38. The normalized spacial score (nSPS) is 29.5. The Bertz CT molecular complexity index is 196. The number of hydrogen-bond donors (Lipinski definition) is 0. The van der Waals surface area contributed by atoms with E-state index in [2.05, 4.69) is 25.3 Å². The van der Waals surface area contributed by atoms with Gasteiger partial charge in [-0.15, -0.1) is 6.58 Å². The van der Waals surface area contributed by atoms with Crippen LogP contribution in [0.25, 0.3) is 0 Å². The Hall–Kier alpha value is -1.04. The molecule has 0 aromatic rings. The predicted molar refractivity (Wildman–Crippen MR) is 50.3 cm³/mol. The average Bonchev–Trinajstić information content (AvgIpc) is 2.77. The second-order valence-corrected chi connectivity index (χ2v) is 2.80. The monoisotopic (exact) mass is 146 g/mol. The number of hydrogen-bond acceptors (Lipinski definition) is 0. The van der Waals surface area contributed by atoms with E-state index in [4.69, 9.17) is 0 Å². The minimum Gasteiger partial charge on any atom is -0.103 e. The summed E-state index contributed by atoms with van der Waals surface area (Å²) in [4.78, 5) is 0. The Morgan fingerprint density at radius 2 is 1.82 bits per heavy atom. The molecule has 0 nitrogen and oxygen atoms in total. The molecule has 0 N–H and O–H groups in total. The second-order valence-electron chi connectivity index (χ2n) is 2.80. The second kappa shape index (κ2) is 3.97. The van der Waals surface area contributed by atoms with Crippen molar-refractivity contribution < 1.29 is 0 Å². The SMILES string of the molecule is C=C/C=C\C=C\[C@@H]1C[C@@H]1C=C. The van der Waals surface area contributed by atoms with Crippen molar-refractivity contribution in [3.63, 3.8) is 0 Å². The molecule has 1 fully saturated rings. The lowest BCUT2D eigenvalue weighted by Gasteiger charge is -1.80. The van der Waals surface area contributed by atoms with E-state index in [9.17, 15) is 0 Å². The molecule has 0 heteroatoms. The van der Waals surface area contributed by atoms with Crippen molar-refractivity contribution in [1.29, 1.82) is 0 Å². The topological polar surface area (TPSA) is 0 Å². The van der Waals surface area contributed by atoms with Crippen LogP contribution >= 0.6 is 0 Å². The molecule has 0 heterocycles. The minimum atomic E-state index is 0.739. The lowest BCUT2D eigenvalue weighted by molar-refractivity contribution is 0.998. The van der Waals surface area contributed by atoms with E-state index in [0.717, 1.165) is 11.8 Å². The van der Waals surface area contributed by atoms with Crippen molar-refractivity contribution in [3.8, 4) is 0 Å². The fourth-order valence-electron chi connectivity index (χ4n) is 1.08. The van der Waals surface area contributed by atoms with Crippen LogP contribution in [0.4, 0.5) is 0 Å². The summed E-state index contributed by atoms with van der Waals surface area (Å²) in [5.74, 6) is 1.49. The van der Waals surface area contributed by atoms with Crippen LogP contribution in [0, 0.1) is 11.8 Å². The Morgan fingerprint density at radius 3 is 2.36 bits per heavy atom. The summed E-state index contributed by atoms with van der Waals surface area (Å²) in [7, 11) is 0. The molecule has 1 saturated carbocycles. The molecule has 11 heavy (non-hydrogen) atoms. The molecule has 0 bridgehead atoms. The van der Waals surface area contributed by atoms with Gasteiger partial charge < -0.3 is 0 Å². The highest BCUT2D eigenvalue weighted by atomic mass is 14.3. The van der Waals surface area contributed by atoms with Gasteiger partial charge in [-0.05, 0) is 18.3 Å². The highest BCUT2D eigenvalue weighted by Gasteiger charge is 2.30. The fourth-order valence-corrected chi connectivity index (χ4v) is 1.08. The van der Waals surface area contributed by atoms with Crippen LogP contribution in [0.2, 0.25) is 0 Å². The van der Waals surface area contributed by atoms with Gasteiger partial charge in [0.05, 0.1) is 0 Å². The van der Waals surface area contributed by atoms with Gasteiger partial charge in [0.15, 0.2) is 0 Å². The van der Waals surface area contributed by atoms with Gasteiger partial charge in [0, 0.05) is 0 Å². The fraction of sp³-hybridized carbons (Fsp3) is 0.273. The molecule has 0 aromatic heterocycles. The van der Waals surface area contributed by atoms with Crippen LogP contribution in [0.15, 0.2) is 49.6 Å². The predicted octanol–water partition coefficient (Wildman–Crippen LogP) is 3.11. The Balaban J connectivity index is 2.21. The summed E-state index contributed by atoms with van der Waals surface area (Å²) in [5, 5.41) is 0. The molecule has 1 aliphatic carbocycles. The number of rotatable bonds is 4. The largest absolute Gasteiger partial charge is 0.103 e. The highest BCUT2D eigenvalue weighted by molar-refractivity contribution is 5.15. The number of allylic oxidation sites excluding steroid dienone is 6. The van der Waals surface area contributed by atoms with Gasteiger partial charge in [-0.3, -0.25) is 0 Å². The molecule has 0 spiro atoms. The van der Waals surface area contributed by atoms with E-state index in [-0.39, 0.29) is 0 Å². The maximum absolute atomic E-state index is 3.75. The average molecular weight is 146 g/mol. The summed E-state index contributed by atoms with van der Waals surface area (Å²) in [5.41, 5.74) is 0. The van der Waals surface area contributed by atoms with E-state index in [0.29, 0.717) is 0 Å². The van der Waals surface area contributed by atoms with Gasteiger partial charge in [-0.25, -0.2) is 0 Å². The van der Waals surface area contributed by atoms with Crippen LogP contribution in [0.3, 0.4) is 0 Å². The van der Waals surface area contributed by atoms with Crippen LogP contribution < -0.4 is 0 Å². The van der Waals surface area contributed by atoms with Crippen LogP contribution in [-0.4, -0.2) is 0 Å². The molecule has 0 aliphatic heterocycles. The van der Waals surface area contributed by atoms with Crippen molar-refractivity contribution in [2.24, 2.45) is 11.8 Å². The summed E-state index contributed by atoms with van der Waals surface area (Å²) in [6, 6.07) is 0. The van der Waals surface area contributed by atoms with Crippen LogP contribution in [0.5, 0.6) is 0 Å². The van der Waals surface area contributed by atoms with E-state index in [1.807, 2.05) is 18.2 Å². The highest BCUT2D eigenvalue weighted by Crippen LogP contribution is 2.40. The first-order valence-electron chi connectivity index (χ1n) is 3.97. The van der Waals surface area contributed by atoms with Gasteiger partial charge in [0.25, 0.3) is 0 Å². The van der Waals surface area contributed by atoms with Crippen molar-refractivity contribution in [2.45, 2.75) is 6.42 Å². The van der Waals surface area contributed by atoms with Gasteiger partial charge in [0.2, 0.25) is 0 Å². The molecule has 1 rings (SSSR count). The third kappa shape index (κ3) is 2.58. The first kappa shape index (κ1) is 8.06. The zero-order valence-corrected chi connectivity index (χ0v) is 6.74. The molecule has 58 valence electrons.